The van der Waals surface area contributed by atoms with E-state index in [1.165, 1.54) is 0 Å². The molecule has 1 aliphatic rings. The van der Waals surface area contributed by atoms with Crippen molar-refractivity contribution in [3.8, 4) is 6.07 Å². The number of nitrogens with zero attached hydrogens (tertiary/aromatic N) is 3. The van der Waals surface area contributed by atoms with Crippen molar-refractivity contribution < 1.29 is 18.4 Å². The van der Waals surface area contributed by atoms with Gasteiger partial charge in [0.25, 0.3) is 5.91 Å². The SMILES string of the molecule is N#Cc1ccc(CN2CCCN(c3cccc(NC(=O)c4ccc(F)cc4F)c3)C2=O)cc1. The van der Waals surface area contributed by atoms with Gasteiger partial charge in [0, 0.05) is 37.1 Å². The monoisotopic (exact) mass is 446 g/mol. The summed E-state index contributed by atoms with van der Waals surface area (Å²) in [6.45, 7) is 1.55. The van der Waals surface area contributed by atoms with E-state index in [4.69, 9.17) is 5.26 Å². The topological polar surface area (TPSA) is 76.4 Å². The van der Waals surface area contributed by atoms with Gasteiger partial charge in [-0.1, -0.05) is 18.2 Å². The first-order chi connectivity index (χ1) is 15.9. The first-order valence-electron chi connectivity index (χ1n) is 10.4. The number of halogens is 2. The molecule has 1 heterocycles. The Morgan fingerprint density at radius 2 is 1.82 bits per heavy atom. The van der Waals surface area contributed by atoms with Crippen LogP contribution in [0.3, 0.4) is 0 Å². The molecule has 3 aromatic carbocycles. The third kappa shape index (κ3) is 4.99. The third-order valence-corrected chi connectivity index (χ3v) is 5.36. The van der Waals surface area contributed by atoms with Gasteiger partial charge in [-0.15, -0.1) is 0 Å². The van der Waals surface area contributed by atoms with E-state index in [1.807, 2.05) is 12.1 Å². The molecule has 1 saturated heterocycles. The molecule has 0 spiro atoms. The van der Waals surface area contributed by atoms with Crippen molar-refractivity contribution in [3.05, 3.63) is 95.1 Å². The molecule has 0 aliphatic carbocycles. The molecule has 0 atom stereocenters. The van der Waals surface area contributed by atoms with Gasteiger partial charge < -0.3 is 10.2 Å². The number of amides is 3. The summed E-state index contributed by atoms with van der Waals surface area (Å²) in [5.41, 5.74) is 2.20. The maximum atomic E-state index is 13.9. The molecule has 3 amide bonds. The van der Waals surface area contributed by atoms with E-state index in [0.29, 0.717) is 42.6 Å². The van der Waals surface area contributed by atoms with Gasteiger partial charge in [0.15, 0.2) is 0 Å². The minimum Gasteiger partial charge on any atom is -0.322 e. The number of urea groups is 1. The summed E-state index contributed by atoms with van der Waals surface area (Å²) in [6, 6.07) is 18.5. The van der Waals surface area contributed by atoms with Crippen LogP contribution in [0.5, 0.6) is 0 Å². The lowest BCUT2D eigenvalue weighted by Crippen LogP contribution is -2.49. The van der Waals surface area contributed by atoms with Gasteiger partial charge in [-0.05, 0) is 54.4 Å². The number of rotatable bonds is 5. The average Bonchev–Trinajstić information content (AvgIpc) is 2.81. The zero-order valence-corrected chi connectivity index (χ0v) is 17.6. The van der Waals surface area contributed by atoms with Gasteiger partial charge in [0.05, 0.1) is 17.2 Å². The van der Waals surface area contributed by atoms with Crippen LogP contribution in [0.25, 0.3) is 0 Å². The second-order valence-corrected chi connectivity index (χ2v) is 7.65. The Morgan fingerprint density at radius 3 is 2.55 bits per heavy atom. The lowest BCUT2D eigenvalue weighted by molar-refractivity contribution is 0.102. The van der Waals surface area contributed by atoms with E-state index in [-0.39, 0.29) is 11.6 Å². The molecule has 0 saturated carbocycles. The van der Waals surface area contributed by atoms with E-state index >= 15 is 0 Å². The van der Waals surface area contributed by atoms with Crippen LogP contribution in [0.1, 0.15) is 27.9 Å². The number of carbonyl (C=O) groups excluding carboxylic acids is 2. The second kappa shape index (κ2) is 9.49. The summed E-state index contributed by atoms with van der Waals surface area (Å²) in [4.78, 5) is 28.9. The van der Waals surface area contributed by atoms with Crippen LogP contribution in [0.2, 0.25) is 0 Å². The highest BCUT2D eigenvalue weighted by atomic mass is 19.1. The Hall–Kier alpha value is -4.25. The lowest BCUT2D eigenvalue weighted by Gasteiger charge is -2.36. The number of nitrogens with one attached hydrogen (secondary N) is 1. The van der Waals surface area contributed by atoms with Gasteiger partial charge >= 0.3 is 6.03 Å². The van der Waals surface area contributed by atoms with Gasteiger partial charge in [-0.2, -0.15) is 5.26 Å². The average molecular weight is 446 g/mol. The summed E-state index contributed by atoms with van der Waals surface area (Å²) in [5.74, 6) is -2.43. The molecule has 0 aromatic heterocycles. The van der Waals surface area contributed by atoms with Crippen molar-refractivity contribution in [1.82, 2.24) is 4.90 Å². The van der Waals surface area contributed by atoms with Crippen molar-refractivity contribution in [2.24, 2.45) is 0 Å². The molecule has 1 N–H and O–H groups in total. The molecule has 33 heavy (non-hydrogen) atoms. The highest BCUT2D eigenvalue weighted by molar-refractivity contribution is 6.05. The highest BCUT2D eigenvalue weighted by Crippen LogP contribution is 2.25. The molecule has 8 heteroatoms. The minimum atomic E-state index is -0.951. The molecular weight excluding hydrogens is 426 g/mol. The fourth-order valence-corrected chi connectivity index (χ4v) is 3.70. The first kappa shape index (κ1) is 22.0. The number of benzene rings is 3. The molecule has 1 aliphatic heterocycles. The number of carbonyl (C=O) groups is 2. The zero-order valence-electron chi connectivity index (χ0n) is 17.6. The van der Waals surface area contributed by atoms with E-state index in [9.17, 15) is 18.4 Å². The summed E-state index contributed by atoms with van der Waals surface area (Å²) < 4.78 is 27.0. The van der Waals surface area contributed by atoms with Crippen LogP contribution >= 0.6 is 0 Å². The van der Waals surface area contributed by atoms with E-state index in [0.717, 1.165) is 24.1 Å². The van der Waals surface area contributed by atoms with E-state index in [1.54, 1.807) is 46.2 Å². The van der Waals surface area contributed by atoms with E-state index < -0.39 is 17.5 Å². The van der Waals surface area contributed by atoms with Gasteiger partial charge in [-0.3, -0.25) is 9.69 Å². The Morgan fingerprint density at radius 1 is 1.03 bits per heavy atom. The van der Waals surface area contributed by atoms with Crippen molar-refractivity contribution in [3.63, 3.8) is 0 Å². The molecule has 166 valence electrons. The standard InChI is InChI=1S/C25H20F2N4O2/c26-19-9-10-22(23(27)13-19)24(32)29-20-3-1-4-21(14-20)31-12-2-11-30(25(31)33)16-18-7-5-17(15-28)6-8-18/h1,3-10,13-14H,2,11-12,16H2,(H,29,32). The predicted octanol–water partition coefficient (Wildman–Crippen LogP) is 4.92. The fourth-order valence-electron chi connectivity index (χ4n) is 3.70. The highest BCUT2D eigenvalue weighted by Gasteiger charge is 2.27. The van der Waals surface area contributed by atoms with E-state index in [2.05, 4.69) is 11.4 Å². The summed E-state index contributed by atoms with van der Waals surface area (Å²) in [6.07, 6.45) is 0.763. The largest absolute Gasteiger partial charge is 0.324 e. The maximum absolute atomic E-state index is 13.9. The van der Waals surface area contributed by atoms with Crippen molar-refractivity contribution in [1.29, 1.82) is 5.26 Å². The smallest absolute Gasteiger partial charge is 0.322 e. The van der Waals surface area contributed by atoms with Crippen LogP contribution in [-0.2, 0) is 6.54 Å². The van der Waals surface area contributed by atoms with Gasteiger partial charge in [0.1, 0.15) is 11.6 Å². The quantitative estimate of drug-likeness (QED) is 0.604. The van der Waals surface area contributed by atoms with Gasteiger partial charge in [0.2, 0.25) is 0 Å². The van der Waals surface area contributed by atoms with Crippen LogP contribution < -0.4 is 10.2 Å². The molecule has 6 nitrogen and oxygen atoms in total. The zero-order chi connectivity index (χ0) is 23.4. The lowest BCUT2D eigenvalue weighted by atomic mass is 10.1. The number of nitriles is 1. The molecule has 3 aromatic rings. The summed E-state index contributed by atoms with van der Waals surface area (Å²) in [5, 5.41) is 11.5. The van der Waals surface area contributed by atoms with Crippen LogP contribution in [0.15, 0.2) is 66.7 Å². The van der Waals surface area contributed by atoms with Crippen LogP contribution in [-0.4, -0.2) is 29.9 Å². The van der Waals surface area contributed by atoms with Crippen LogP contribution in [0.4, 0.5) is 25.0 Å². The summed E-state index contributed by atoms with van der Waals surface area (Å²) >= 11 is 0. The number of hydrogen-bond donors (Lipinski definition) is 1. The number of hydrogen-bond acceptors (Lipinski definition) is 3. The number of anilines is 2. The second-order valence-electron chi connectivity index (χ2n) is 7.65. The van der Waals surface area contributed by atoms with Crippen molar-refractivity contribution in [2.75, 3.05) is 23.3 Å². The maximum Gasteiger partial charge on any atom is 0.324 e. The molecule has 0 bridgehead atoms. The van der Waals surface area contributed by atoms with Crippen molar-refractivity contribution in [2.45, 2.75) is 13.0 Å². The Labute approximate surface area is 189 Å². The predicted molar refractivity (Wildman–Crippen MR) is 120 cm³/mol. The normalized spacial score (nSPS) is 13.5. The Bertz CT molecular complexity index is 1240. The molecule has 1 fully saturated rings. The molecule has 4 rings (SSSR count). The van der Waals surface area contributed by atoms with Crippen molar-refractivity contribution >= 4 is 23.3 Å². The van der Waals surface area contributed by atoms with Gasteiger partial charge in [-0.25, -0.2) is 13.6 Å². The molecular formula is C25H20F2N4O2. The molecule has 0 unspecified atom stereocenters. The van der Waals surface area contributed by atoms with Crippen LogP contribution in [0, 0.1) is 23.0 Å². The molecule has 0 radical (unpaired) electrons. The first-order valence-corrected chi connectivity index (χ1v) is 10.4. The Balaban J connectivity index is 1.48. The third-order valence-electron chi connectivity index (χ3n) is 5.36. The minimum absolute atomic E-state index is 0.168. The Kier molecular flexibility index (Phi) is 6.31. The fraction of sp³-hybridized carbons (Fsp3) is 0.160. The summed E-state index contributed by atoms with van der Waals surface area (Å²) in [7, 11) is 0.